The van der Waals surface area contributed by atoms with Crippen molar-refractivity contribution in [3.05, 3.63) is 24.4 Å². The van der Waals surface area contributed by atoms with Crippen LogP contribution in [0.25, 0.3) is 11.5 Å². The molecule has 0 aliphatic carbocycles. The topological polar surface area (TPSA) is 124 Å². The van der Waals surface area contributed by atoms with Crippen molar-refractivity contribution in [3.8, 4) is 11.5 Å². The lowest BCUT2D eigenvalue weighted by Gasteiger charge is -2.24. The molecule has 3 heterocycles. The molecule has 9 heteroatoms. The van der Waals surface area contributed by atoms with E-state index in [0.29, 0.717) is 30.8 Å². The van der Waals surface area contributed by atoms with E-state index in [1.807, 2.05) is 6.07 Å². The summed E-state index contributed by atoms with van der Waals surface area (Å²) in [6, 6.07) is 5.37. The van der Waals surface area contributed by atoms with Gasteiger partial charge >= 0.3 is 0 Å². The van der Waals surface area contributed by atoms with Gasteiger partial charge in [0.05, 0.1) is 11.5 Å². The summed E-state index contributed by atoms with van der Waals surface area (Å²) >= 11 is 0. The van der Waals surface area contributed by atoms with E-state index in [9.17, 15) is 13.5 Å². The molecule has 23 heavy (non-hydrogen) atoms. The summed E-state index contributed by atoms with van der Waals surface area (Å²) in [5, 5.41) is 14.6. The summed E-state index contributed by atoms with van der Waals surface area (Å²) < 4.78 is 24.2. The predicted molar refractivity (Wildman–Crippen MR) is 84.9 cm³/mol. The lowest BCUT2D eigenvalue weighted by molar-refractivity contribution is 0.0638. The van der Waals surface area contributed by atoms with Crippen molar-refractivity contribution in [1.29, 1.82) is 0 Å². The number of hydrogen-bond acceptors (Lipinski definition) is 7. The number of hydrogen-bond donors (Lipinski definition) is 2. The maximum atomic E-state index is 11.4. The van der Waals surface area contributed by atoms with Crippen LogP contribution in [0.2, 0.25) is 0 Å². The predicted octanol–water partition coefficient (Wildman–Crippen LogP) is 0.628. The first kappa shape index (κ1) is 15.9. The molecular weight excluding hydrogens is 318 g/mol. The Balaban J connectivity index is 1.71. The van der Waals surface area contributed by atoms with Gasteiger partial charge in [0, 0.05) is 6.20 Å². The molecule has 0 spiro atoms. The average molecular weight is 337 g/mol. The Hall–Kier alpha value is -2.00. The smallest absolute Gasteiger partial charge is 0.221 e. The van der Waals surface area contributed by atoms with Crippen LogP contribution >= 0.6 is 0 Å². The molecule has 0 saturated carbocycles. The van der Waals surface area contributed by atoms with Crippen LogP contribution < -0.4 is 5.73 Å². The van der Waals surface area contributed by atoms with Crippen LogP contribution in [-0.4, -0.2) is 44.8 Å². The van der Waals surface area contributed by atoms with Crippen LogP contribution in [0.1, 0.15) is 25.5 Å². The average Bonchev–Trinajstić information content (AvgIpc) is 2.92. The quantitative estimate of drug-likeness (QED) is 0.838. The highest BCUT2D eigenvalue weighted by molar-refractivity contribution is 7.91. The molecule has 3 N–H and O–H groups in total. The second-order valence-electron chi connectivity index (χ2n) is 5.76. The third-order valence-corrected chi connectivity index (χ3v) is 5.77. The van der Waals surface area contributed by atoms with Crippen molar-refractivity contribution in [2.45, 2.75) is 25.5 Å². The first-order valence-electron chi connectivity index (χ1n) is 7.46. The Morgan fingerprint density at radius 1 is 1.35 bits per heavy atom. The fraction of sp³-hybridized carbons (Fsp3) is 0.500. The number of sulfone groups is 1. The van der Waals surface area contributed by atoms with E-state index in [4.69, 9.17) is 5.73 Å². The first-order valence-corrected chi connectivity index (χ1v) is 9.29. The highest BCUT2D eigenvalue weighted by atomic mass is 32.2. The molecule has 0 amide bonds. The molecule has 1 aliphatic heterocycles. The number of pyridine rings is 1. The summed E-state index contributed by atoms with van der Waals surface area (Å²) in [6.45, 7) is 0. The van der Waals surface area contributed by atoms with Crippen molar-refractivity contribution < 1.29 is 13.5 Å². The molecule has 1 unspecified atom stereocenters. The summed E-state index contributed by atoms with van der Waals surface area (Å²) in [5.41, 5.74) is 6.41. The van der Waals surface area contributed by atoms with Gasteiger partial charge in [0.1, 0.15) is 15.5 Å². The maximum Gasteiger partial charge on any atom is 0.221 e. The standard InChI is InChI=1S/C14H19N5O3S/c15-14-17-13(11-3-1-2-6-16-11)18-19(14)12(20)9-10-4-7-23(21,22)8-5-10/h1-3,6,10,12,20H,4-5,7-9H2,(H2,15,17,18). The molecule has 0 radical (unpaired) electrons. The highest BCUT2D eigenvalue weighted by Gasteiger charge is 2.27. The molecule has 1 aliphatic rings. The number of rotatable bonds is 4. The van der Waals surface area contributed by atoms with E-state index in [2.05, 4.69) is 15.1 Å². The Labute approximate surface area is 134 Å². The number of nitrogens with two attached hydrogens (primary N) is 1. The van der Waals surface area contributed by atoms with Crippen molar-refractivity contribution in [2.24, 2.45) is 5.92 Å². The Morgan fingerprint density at radius 2 is 2.09 bits per heavy atom. The van der Waals surface area contributed by atoms with Gasteiger partial charge in [0.15, 0.2) is 6.23 Å². The van der Waals surface area contributed by atoms with E-state index < -0.39 is 16.1 Å². The molecule has 124 valence electrons. The molecule has 1 atom stereocenters. The molecule has 1 saturated heterocycles. The van der Waals surface area contributed by atoms with Gasteiger partial charge in [-0.1, -0.05) is 6.07 Å². The van der Waals surface area contributed by atoms with Crippen molar-refractivity contribution >= 4 is 15.8 Å². The largest absolute Gasteiger partial charge is 0.372 e. The van der Waals surface area contributed by atoms with Gasteiger partial charge in [-0.25, -0.2) is 13.1 Å². The Bertz CT molecular complexity index is 761. The molecule has 0 aromatic carbocycles. The van der Waals surface area contributed by atoms with Gasteiger partial charge in [-0.2, -0.15) is 4.98 Å². The zero-order chi connectivity index (χ0) is 16.4. The van der Waals surface area contributed by atoms with E-state index >= 15 is 0 Å². The highest BCUT2D eigenvalue weighted by Crippen LogP contribution is 2.27. The van der Waals surface area contributed by atoms with Gasteiger partial charge in [-0.3, -0.25) is 4.98 Å². The summed E-state index contributed by atoms with van der Waals surface area (Å²) in [4.78, 5) is 8.28. The normalized spacial score (nSPS) is 19.5. The van der Waals surface area contributed by atoms with Gasteiger partial charge in [0.25, 0.3) is 0 Å². The zero-order valence-corrected chi connectivity index (χ0v) is 13.4. The Kier molecular flexibility index (Phi) is 4.31. The SMILES string of the molecule is Nc1nc(-c2ccccn2)nn1C(O)CC1CCS(=O)(=O)CC1. The first-order chi connectivity index (χ1) is 10.9. The van der Waals surface area contributed by atoms with Crippen LogP contribution in [-0.2, 0) is 9.84 Å². The minimum atomic E-state index is -2.91. The summed E-state index contributed by atoms with van der Waals surface area (Å²) in [6.07, 6.45) is 2.23. The lowest BCUT2D eigenvalue weighted by Crippen LogP contribution is -2.26. The minimum Gasteiger partial charge on any atom is -0.372 e. The maximum absolute atomic E-state index is 11.4. The third-order valence-electron chi connectivity index (χ3n) is 4.05. The number of anilines is 1. The molecule has 8 nitrogen and oxygen atoms in total. The number of aliphatic hydroxyl groups is 1. The fourth-order valence-electron chi connectivity index (χ4n) is 2.73. The number of nitrogen functional groups attached to an aromatic ring is 1. The molecule has 0 bridgehead atoms. The molecule has 1 fully saturated rings. The van der Waals surface area contributed by atoms with Gasteiger partial charge in [-0.05, 0) is 37.3 Å². The molecular formula is C14H19N5O3S. The Morgan fingerprint density at radius 3 is 2.74 bits per heavy atom. The van der Waals surface area contributed by atoms with Gasteiger partial charge < -0.3 is 10.8 Å². The zero-order valence-electron chi connectivity index (χ0n) is 12.5. The molecule has 2 aromatic heterocycles. The summed E-state index contributed by atoms with van der Waals surface area (Å²) in [7, 11) is -2.91. The fourth-order valence-corrected chi connectivity index (χ4v) is 4.32. The van der Waals surface area contributed by atoms with Crippen molar-refractivity contribution in [1.82, 2.24) is 19.7 Å². The second-order valence-corrected chi connectivity index (χ2v) is 8.07. The monoisotopic (exact) mass is 337 g/mol. The van der Waals surface area contributed by atoms with E-state index in [0.717, 1.165) is 0 Å². The molecule has 3 rings (SSSR count). The van der Waals surface area contributed by atoms with E-state index in [1.165, 1.54) is 4.68 Å². The lowest BCUT2D eigenvalue weighted by atomic mass is 9.98. The van der Waals surface area contributed by atoms with E-state index in [1.54, 1.807) is 18.3 Å². The van der Waals surface area contributed by atoms with Crippen LogP contribution in [0.3, 0.4) is 0 Å². The number of aromatic nitrogens is 4. The molecule has 2 aromatic rings. The van der Waals surface area contributed by atoms with Crippen LogP contribution in [0, 0.1) is 5.92 Å². The van der Waals surface area contributed by atoms with Crippen molar-refractivity contribution in [2.75, 3.05) is 17.2 Å². The minimum absolute atomic E-state index is 0.113. The van der Waals surface area contributed by atoms with Crippen molar-refractivity contribution in [3.63, 3.8) is 0 Å². The number of aliphatic hydroxyl groups excluding tert-OH is 1. The van der Waals surface area contributed by atoms with E-state index in [-0.39, 0.29) is 23.4 Å². The number of nitrogens with zero attached hydrogens (tertiary/aromatic N) is 4. The van der Waals surface area contributed by atoms with Gasteiger partial charge in [-0.15, -0.1) is 5.10 Å². The van der Waals surface area contributed by atoms with Crippen LogP contribution in [0.5, 0.6) is 0 Å². The van der Waals surface area contributed by atoms with Crippen LogP contribution in [0.4, 0.5) is 5.95 Å². The summed E-state index contributed by atoms with van der Waals surface area (Å²) in [5.74, 6) is 0.956. The van der Waals surface area contributed by atoms with Gasteiger partial charge in [0.2, 0.25) is 11.8 Å². The second kappa shape index (κ2) is 6.25. The third kappa shape index (κ3) is 3.67. The van der Waals surface area contributed by atoms with Crippen LogP contribution in [0.15, 0.2) is 24.4 Å².